The summed E-state index contributed by atoms with van der Waals surface area (Å²) in [5, 5.41) is 6.37. The molecule has 2 aliphatic heterocycles. The first-order chi connectivity index (χ1) is 10.3. The first-order valence-corrected chi connectivity index (χ1v) is 8.14. The highest BCUT2D eigenvalue weighted by Gasteiger charge is 2.21. The molecule has 0 aliphatic carbocycles. The molecular formula is C17H25N3O. The molecule has 2 aliphatic rings. The van der Waals surface area contributed by atoms with Crippen LogP contribution >= 0.6 is 0 Å². The van der Waals surface area contributed by atoms with Crippen LogP contribution in [0.4, 0.5) is 5.69 Å². The van der Waals surface area contributed by atoms with Crippen molar-refractivity contribution < 1.29 is 4.79 Å². The van der Waals surface area contributed by atoms with Crippen molar-refractivity contribution in [2.75, 3.05) is 31.5 Å². The molecule has 3 rings (SSSR count). The SMILES string of the molecule is O=C(Nc1cccc(CN2CCCC2)c1)[C@@H]1CCCNC1. The fourth-order valence-corrected chi connectivity index (χ4v) is 3.27. The van der Waals surface area contributed by atoms with Gasteiger partial charge in [-0.15, -0.1) is 0 Å². The van der Waals surface area contributed by atoms with Gasteiger partial charge in [0, 0.05) is 18.8 Å². The lowest BCUT2D eigenvalue weighted by molar-refractivity contribution is -0.120. The van der Waals surface area contributed by atoms with Crippen LogP contribution in [-0.4, -0.2) is 37.0 Å². The molecule has 1 aromatic carbocycles. The second-order valence-corrected chi connectivity index (χ2v) is 6.22. The summed E-state index contributed by atoms with van der Waals surface area (Å²) in [5.41, 5.74) is 2.22. The molecule has 1 atom stereocenters. The zero-order valence-electron chi connectivity index (χ0n) is 12.6. The van der Waals surface area contributed by atoms with E-state index in [1.165, 1.54) is 31.5 Å². The summed E-state index contributed by atoms with van der Waals surface area (Å²) in [6.07, 6.45) is 4.70. The van der Waals surface area contributed by atoms with E-state index in [2.05, 4.69) is 27.7 Å². The summed E-state index contributed by atoms with van der Waals surface area (Å²) in [6, 6.07) is 8.30. The highest BCUT2D eigenvalue weighted by molar-refractivity contribution is 5.92. The zero-order chi connectivity index (χ0) is 14.5. The number of likely N-dealkylation sites (tertiary alicyclic amines) is 1. The summed E-state index contributed by atoms with van der Waals surface area (Å²) < 4.78 is 0. The number of nitrogens with zero attached hydrogens (tertiary/aromatic N) is 1. The second kappa shape index (κ2) is 7.05. The molecule has 0 aromatic heterocycles. The van der Waals surface area contributed by atoms with Gasteiger partial charge in [0.2, 0.25) is 5.91 Å². The van der Waals surface area contributed by atoms with Gasteiger partial charge in [-0.3, -0.25) is 9.69 Å². The van der Waals surface area contributed by atoms with Crippen LogP contribution in [0, 0.1) is 5.92 Å². The quantitative estimate of drug-likeness (QED) is 0.892. The van der Waals surface area contributed by atoms with E-state index in [4.69, 9.17) is 0 Å². The average Bonchev–Trinajstić information content (AvgIpc) is 3.01. The van der Waals surface area contributed by atoms with Gasteiger partial charge >= 0.3 is 0 Å². The van der Waals surface area contributed by atoms with Crippen LogP contribution in [-0.2, 0) is 11.3 Å². The number of piperidine rings is 1. The summed E-state index contributed by atoms with van der Waals surface area (Å²) in [4.78, 5) is 14.7. The van der Waals surface area contributed by atoms with Crippen molar-refractivity contribution in [3.05, 3.63) is 29.8 Å². The molecule has 2 fully saturated rings. The Morgan fingerprint density at radius 1 is 1.29 bits per heavy atom. The number of carbonyl (C=O) groups is 1. The van der Waals surface area contributed by atoms with Crippen LogP contribution < -0.4 is 10.6 Å². The van der Waals surface area contributed by atoms with E-state index >= 15 is 0 Å². The zero-order valence-corrected chi connectivity index (χ0v) is 12.6. The number of anilines is 1. The molecular weight excluding hydrogens is 262 g/mol. The van der Waals surface area contributed by atoms with E-state index in [0.29, 0.717) is 0 Å². The van der Waals surface area contributed by atoms with Gasteiger partial charge in [-0.1, -0.05) is 12.1 Å². The topological polar surface area (TPSA) is 44.4 Å². The van der Waals surface area contributed by atoms with Crippen LogP contribution in [0.2, 0.25) is 0 Å². The molecule has 2 N–H and O–H groups in total. The highest BCUT2D eigenvalue weighted by Crippen LogP contribution is 2.18. The van der Waals surface area contributed by atoms with Gasteiger partial charge in [0.25, 0.3) is 0 Å². The third kappa shape index (κ3) is 4.05. The van der Waals surface area contributed by atoms with Gasteiger partial charge in [0.05, 0.1) is 5.92 Å². The highest BCUT2D eigenvalue weighted by atomic mass is 16.1. The van der Waals surface area contributed by atoms with Crippen molar-refractivity contribution in [1.29, 1.82) is 0 Å². The Morgan fingerprint density at radius 2 is 2.14 bits per heavy atom. The van der Waals surface area contributed by atoms with Crippen molar-refractivity contribution in [2.24, 2.45) is 5.92 Å². The number of hydrogen-bond donors (Lipinski definition) is 2. The van der Waals surface area contributed by atoms with E-state index in [-0.39, 0.29) is 11.8 Å². The smallest absolute Gasteiger partial charge is 0.228 e. The van der Waals surface area contributed by atoms with Crippen molar-refractivity contribution in [3.63, 3.8) is 0 Å². The average molecular weight is 287 g/mol. The van der Waals surface area contributed by atoms with Crippen molar-refractivity contribution in [2.45, 2.75) is 32.2 Å². The lowest BCUT2D eigenvalue weighted by Gasteiger charge is -2.22. The van der Waals surface area contributed by atoms with Crippen LogP contribution in [0.25, 0.3) is 0 Å². The largest absolute Gasteiger partial charge is 0.326 e. The van der Waals surface area contributed by atoms with E-state index in [1.54, 1.807) is 0 Å². The summed E-state index contributed by atoms with van der Waals surface area (Å²) in [6.45, 7) is 5.23. The maximum absolute atomic E-state index is 12.3. The molecule has 0 bridgehead atoms. The normalized spacial score (nSPS) is 23.1. The fourth-order valence-electron chi connectivity index (χ4n) is 3.27. The van der Waals surface area contributed by atoms with E-state index < -0.39 is 0 Å². The molecule has 114 valence electrons. The molecule has 1 amide bonds. The van der Waals surface area contributed by atoms with Crippen LogP contribution in [0.5, 0.6) is 0 Å². The van der Waals surface area contributed by atoms with Gasteiger partial charge in [0.1, 0.15) is 0 Å². The second-order valence-electron chi connectivity index (χ2n) is 6.22. The van der Waals surface area contributed by atoms with Gasteiger partial charge in [-0.2, -0.15) is 0 Å². The number of benzene rings is 1. The van der Waals surface area contributed by atoms with E-state index in [9.17, 15) is 4.79 Å². The summed E-state index contributed by atoms with van der Waals surface area (Å²) in [7, 11) is 0. The first kappa shape index (κ1) is 14.5. The minimum absolute atomic E-state index is 0.112. The standard InChI is InChI=1S/C17H25N3O/c21-17(15-6-4-8-18-12-15)19-16-7-3-5-14(11-16)13-20-9-1-2-10-20/h3,5,7,11,15,18H,1-2,4,6,8-10,12-13H2,(H,19,21)/t15-/m1/s1. The van der Waals surface area contributed by atoms with Crippen LogP contribution in [0.15, 0.2) is 24.3 Å². The predicted octanol–water partition coefficient (Wildman–Crippen LogP) is 2.22. The Hall–Kier alpha value is -1.39. The van der Waals surface area contributed by atoms with E-state index in [1.807, 2.05) is 12.1 Å². The lowest BCUT2D eigenvalue weighted by Crippen LogP contribution is -2.37. The Morgan fingerprint density at radius 3 is 2.90 bits per heavy atom. The summed E-state index contributed by atoms with van der Waals surface area (Å²) in [5.74, 6) is 0.265. The molecule has 2 saturated heterocycles. The minimum atomic E-state index is 0.112. The van der Waals surface area contributed by atoms with Gasteiger partial charge < -0.3 is 10.6 Å². The number of nitrogens with one attached hydrogen (secondary N) is 2. The number of amides is 1. The van der Waals surface area contributed by atoms with Gasteiger partial charge in [-0.05, 0) is 63.0 Å². The monoisotopic (exact) mass is 287 g/mol. The van der Waals surface area contributed by atoms with Crippen LogP contribution in [0.1, 0.15) is 31.2 Å². The third-order valence-electron chi connectivity index (χ3n) is 4.47. The Balaban J connectivity index is 1.58. The van der Waals surface area contributed by atoms with E-state index in [0.717, 1.165) is 38.2 Å². The maximum atomic E-state index is 12.3. The molecule has 1 aromatic rings. The van der Waals surface area contributed by atoms with Gasteiger partial charge in [0.15, 0.2) is 0 Å². The molecule has 0 saturated carbocycles. The molecule has 4 nitrogen and oxygen atoms in total. The number of hydrogen-bond acceptors (Lipinski definition) is 3. The molecule has 21 heavy (non-hydrogen) atoms. The maximum Gasteiger partial charge on any atom is 0.228 e. The van der Waals surface area contributed by atoms with Gasteiger partial charge in [-0.25, -0.2) is 0 Å². The number of rotatable bonds is 4. The Kier molecular flexibility index (Phi) is 4.88. The molecule has 0 radical (unpaired) electrons. The van der Waals surface area contributed by atoms with Crippen molar-refractivity contribution >= 4 is 11.6 Å². The minimum Gasteiger partial charge on any atom is -0.326 e. The summed E-state index contributed by atoms with van der Waals surface area (Å²) >= 11 is 0. The van der Waals surface area contributed by atoms with Crippen molar-refractivity contribution in [3.8, 4) is 0 Å². The third-order valence-corrected chi connectivity index (χ3v) is 4.47. The van der Waals surface area contributed by atoms with Crippen molar-refractivity contribution in [1.82, 2.24) is 10.2 Å². The first-order valence-electron chi connectivity index (χ1n) is 8.14. The molecule has 0 unspecified atom stereocenters. The Bertz CT molecular complexity index is 477. The predicted molar refractivity (Wildman–Crippen MR) is 85.2 cm³/mol. The molecule has 4 heteroatoms. The lowest BCUT2D eigenvalue weighted by atomic mass is 9.99. The number of carbonyl (C=O) groups excluding carboxylic acids is 1. The molecule has 0 spiro atoms. The molecule has 2 heterocycles. The Labute approximate surface area is 126 Å². The fraction of sp³-hybridized carbons (Fsp3) is 0.588. The van der Waals surface area contributed by atoms with Crippen LogP contribution in [0.3, 0.4) is 0 Å².